The van der Waals surface area contributed by atoms with E-state index in [9.17, 15) is 4.79 Å². The summed E-state index contributed by atoms with van der Waals surface area (Å²) >= 11 is 0. The van der Waals surface area contributed by atoms with Crippen molar-refractivity contribution in [2.75, 3.05) is 7.11 Å². The smallest absolute Gasteiger partial charge is 0.166 e. The molecule has 2 heteroatoms. The summed E-state index contributed by atoms with van der Waals surface area (Å²) in [4.78, 5) is 12.8. The van der Waals surface area contributed by atoms with Gasteiger partial charge in [0, 0.05) is 11.5 Å². The van der Waals surface area contributed by atoms with Gasteiger partial charge in [-0.05, 0) is 48.6 Å². The molecule has 0 saturated heterocycles. The summed E-state index contributed by atoms with van der Waals surface area (Å²) < 4.78 is 5.16. The molecule has 0 aromatic heterocycles. The van der Waals surface area contributed by atoms with E-state index in [2.05, 4.69) is 24.3 Å². The second-order valence-corrected chi connectivity index (χ2v) is 6.06. The number of hydrogen-bond donors (Lipinski definition) is 0. The topological polar surface area (TPSA) is 26.3 Å². The fourth-order valence-electron chi connectivity index (χ4n) is 3.31. The minimum absolute atomic E-state index is 0.100. The van der Waals surface area contributed by atoms with Gasteiger partial charge in [0.1, 0.15) is 5.75 Å². The minimum atomic E-state index is 0.100. The van der Waals surface area contributed by atoms with Crippen LogP contribution in [-0.4, -0.2) is 12.9 Å². The summed E-state index contributed by atoms with van der Waals surface area (Å²) in [5.41, 5.74) is 1.98. The number of Topliss-reactive ketones (excluding diaryl/α,β-unsaturated/α-hetero) is 1. The molecule has 0 spiro atoms. The molecule has 0 radical (unpaired) electrons. The fourth-order valence-corrected chi connectivity index (χ4v) is 3.31. The Kier molecular flexibility index (Phi) is 4.92. The van der Waals surface area contributed by atoms with Crippen molar-refractivity contribution >= 4 is 11.9 Å². The van der Waals surface area contributed by atoms with Gasteiger partial charge in [0.15, 0.2) is 5.78 Å². The van der Waals surface area contributed by atoms with Crippen molar-refractivity contribution in [3.63, 3.8) is 0 Å². The second kappa shape index (κ2) is 7.28. The van der Waals surface area contributed by atoms with E-state index in [0.717, 1.165) is 30.6 Å². The third-order valence-corrected chi connectivity index (χ3v) is 4.62. The van der Waals surface area contributed by atoms with Crippen LogP contribution in [0.4, 0.5) is 0 Å². The molecule has 118 valence electrons. The number of hydrogen-bond acceptors (Lipinski definition) is 2. The van der Waals surface area contributed by atoms with Crippen LogP contribution in [0.15, 0.2) is 60.7 Å². The van der Waals surface area contributed by atoms with Crippen LogP contribution in [0.1, 0.15) is 35.2 Å². The summed E-state index contributed by atoms with van der Waals surface area (Å²) in [5, 5.41) is 0. The van der Waals surface area contributed by atoms with E-state index in [4.69, 9.17) is 4.74 Å². The monoisotopic (exact) mass is 306 g/mol. The second-order valence-electron chi connectivity index (χ2n) is 6.06. The molecule has 0 unspecified atom stereocenters. The highest BCUT2D eigenvalue weighted by Gasteiger charge is 2.31. The van der Waals surface area contributed by atoms with Crippen LogP contribution in [0.5, 0.6) is 5.75 Å². The first-order valence-corrected chi connectivity index (χ1v) is 8.19. The molecule has 0 aliphatic heterocycles. The molecule has 3 rings (SSSR count). The number of rotatable bonds is 5. The number of carbonyl (C=O) groups is 1. The predicted octanol–water partition coefficient (Wildman–Crippen LogP) is 5.01. The maximum Gasteiger partial charge on any atom is 0.166 e. The molecular weight excluding hydrogens is 284 g/mol. The zero-order valence-electron chi connectivity index (χ0n) is 13.4. The van der Waals surface area contributed by atoms with Gasteiger partial charge in [0.25, 0.3) is 0 Å². The van der Waals surface area contributed by atoms with E-state index < -0.39 is 0 Å². The molecule has 2 aromatic carbocycles. The number of ether oxygens (including phenoxy) is 1. The van der Waals surface area contributed by atoms with Crippen molar-refractivity contribution in [1.29, 1.82) is 0 Å². The average molecular weight is 306 g/mol. The zero-order valence-corrected chi connectivity index (χ0v) is 13.4. The van der Waals surface area contributed by atoms with Crippen LogP contribution in [-0.2, 0) is 0 Å². The third kappa shape index (κ3) is 3.70. The van der Waals surface area contributed by atoms with Crippen LogP contribution in [0, 0.1) is 11.8 Å². The first-order valence-electron chi connectivity index (χ1n) is 8.19. The minimum Gasteiger partial charge on any atom is -0.497 e. The Labute approximate surface area is 137 Å². The van der Waals surface area contributed by atoms with E-state index in [-0.39, 0.29) is 11.7 Å². The van der Waals surface area contributed by atoms with Gasteiger partial charge in [-0.2, -0.15) is 0 Å². The van der Waals surface area contributed by atoms with Gasteiger partial charge in [0.2, 0.25) is 0 Å². The van der Waals surface area contributed by atoms with Crippen molar-refractivity contribution in [2.24, 2.45) is 11.8 Å². The van der Waals surface area contributed by atoms with E-state index in [0.29, 0.717) is 5.92 Å². The Morgan fingerprint density at radius 3 is 2.48 bits per heavy atom. The SMILES string of the molecule is COc1ccc(C(=O)[C@@H]2CCC[C@@H]2/C=C/c2ccccc2)cc1. The van der Waals surface area contributed by atoms with Gasteiger partial charge in [0.05, 0.1) is 7.11 Å². The lowest BCUT2D eigenvalue weighted by molar-refractivity contribution is 0.0905. The number of allylic oxidation sites excluding steroid dienone is 1. The van der Waals surface area contributed by atoms with Crippen molar-refractivity contribution in [3.8, 4) is 5.75 Å². The van der Waals surface area contributed by atoms with Crippen molar-refractivity contribution in [3.05, 3.63) is 71.8 Å². The normalized spacial score (nSPS) is 20.7. The predicted molar refractivity (Wildman–Crippen MR) is 93.6 cm³/mol. The average Bonchev–Trinajstić information content (AvgIpc) is 3.09. The fraction of sp³-hybridized carbons (Fsp3) is 0.286. The number of ketones is 1. The van der Waals surface area contributed by atoms with Crippen molar-refractivity contribution < 1.29 is 9.53 Å². The molecular formula is C21H22O2. The van der Waals surface area contributed by atoms with Crippen LogP contribution in [0.3, 0.4) is 0 Å². The van der Waals surface area contributed by atoms with E-state index in [1.54, 1.807) is 7.11 Å². The summed E-state index contributed by atoms with van der Waals surface area (Å²) in [6.07, 6.45) is 7.56. The van der Waals surface area contributed by atoms with Crippen LogP contribution < -0.4 is 4.74 Å². The lowest BCUT2D eigenvalue weighted by Gasteiger charge is -2.15. The summed E-state index contributed by atoms with van der Waals surface area (Å²) in [5.74, 6) is 1.48. The first-order chi connectivity index (χ1) is 11.3. The standard InChI is InChI=1S/C21H22O2/c1-23-19-14-12-18(13-15-19)21(22)20-9-5-8-17(20)11-10-16-6-3-2-4-7-16/h2-4,6-7,10-15,17,20H,5,8-9H2,1H3/b11-10+/t17-,20-/m1/s1. The zero-order chi connectivity index (χ0) is 16.1. The van der Waals surface area contributed by atoms with Crippen LogP contribution in [0.2, 0.25) is 0 Å². The molecule has 1 fully saturated rings. The van der Waals surface area contributed by atoms with Gasteiger partial charge in [-0.15, -0.1) is 0 Å². The Morgan fingerprint density at radius 1 is 1.04 bits per heavy atom. The highest BCUT2D eigenvalue weighted by atomic mass is 16.5. The molecule has 1 aliphatic rings. The van der Waals surface area contributed by atoms with Gasteiger partial charge >= 0.3 is 0 Å². The summed E-state index contributed by atoms with van der Waals surface area (Å²) in [6, 6.07) is 17.7. The Balaban J connectivity index is 1.72. The Morgan fingerprint density at radius 2 is 1.78 bits per heavy atom. The molecule has 1 saturated carbocycles. The molecule has 2 aromatic rings. The molecule has 0 amide bonds. The highest BCUT2D eigenvalue weighted by Crippen LogP contribution is 2.35. The number of methoxy groups -OCH3 is 1. The summed E-state index contributed by atoms with van der Waals surface area (Å²) in [7, 11) is 1.64. The third-order valence-electron chi connectivity index (χ3n) is 4.62. The first kappa shape index (κ1) is 15.5. The molecule has 2 nitrogen and oxygen atoms in total. The number of carbonyl (C=O) groups excluding carboxylic acids is 1. The maximum absolute atomic E-state index is 12.8. The van der Waals surface area contributed by atoms with Crippen LogP contribution in [0.25, 0.3) is 6.08 Å². The van der Waals surface area contributed by atoms with E-state index >= 15 is 0 Å². The van der Waals surface area contributed by atoms with Gasteiger partial charge in [-0.1, -0.05) is 48.9 Å². The largest absolute Gasteiger partial charge is 0.497 e. The summed E-state index contributed by atoms with van der Waals surface area (Å²) in [6.45, 7) is 0. The van der Waals surface area contributed by atoms with Crippen molar-refractivity contribution in [2.45, 2.75) is 19.3 Å². The molecule has 23 heavy (non-hydrogen) atoms. The van der Waals surface area contributed by atoms with Gasteiger partial charge < -0.3 is 4.74 Å². The molecule has 0 heterocycles. The molecule has 0 bridgehead atoms. The van der Waals surface area contributed by atoms with Crippen LogP contribution >= 0.6 is 0 Å². The molecule has 0 N–H and O–H groups in total. The van der Waals surface area contributed by atoms with E-state index in [1.165, 1.54) is 5.56 Å². The van der Waals surface area contributed by atoms with Gasteiger partial charge in [-0.3, -0.25) is 4.79 Å². The lowest BCUT2D eigenvalue weighted by atomic mass is 9.88. The Hall–Kier alpha value is -2.35. The lowest BCUT2D eigenvalue weighted by Crippen LogP contribution is -2.17. The highest BCUT2D eigenvalue weighted by molar-refractivity contribution is 5.98. The van der Waals surface area contributed by atoms with E-state index in [1.807, 2.05) is 42.5 Å². The molecule has 2 atom stereocenters. The molecule has 1 aliphatic carbocycles. The number of benzene rings is 2. The maximum atomic E-state index is 12.8. The quantitative estimate of drug-likeness (QED) is 0.726. The Bertz CT molecular complexity index is 671. The van der Waals surface area contributed by atoms with Gasteiger partial charge in [-0.25, -0.2) is 0 Å². The van der Waals surface area contributed by atoms with Crippen molar-refractivity contribution in [1.82, 2.24) is 0 Å².